The Bertz CT molecular complexity index is 1030. The molecule has 1 atom stereocenters. The van der Waals surface area contributed by atoms with Gasteiger partial charge in [0.1, 0.15) is 0 Å². The van der Waals surface area contributed by atoms with Gasteiger partial charge in [-0.1, -0.05) is 30.3 Å². The summed E-state index contributed by atoms with van der Waals surface area (Å²) in [4.78, 5) is 4.78. The summed E-state index contributed by atoms with van der Waals surface area (Å²) >= 11 is 0. The van der Waals surface area contributed by atoms with E-state index in [1.54, 1.807) is 0 Å². The maximum Gasteiger partial charge on any atom is 0.0959 e. The van der Waals surface area contributed by atoms with Gasteiger partial charge in [-0.3, -0.25) is 9.36 Å². The molecule has 0 aliphatic rings. The van der Waals surface area contributed by atoms with Crippen molar-refractivity contribution in [2.24, 2.45) is 0 Å². The highest BCUT2D eigenvalue weighted by Gasteiger charge is 2.17. The highest BCUT2D eigenvalue weighted by molar-refractivity contribution is 5.61. The Morgan fingerprint density at radius 1 is 1.07 bits per heavy atom. The Morgan fingerprint density at radius 3 is 2.57 bits per heavy atom. The lowest BCUT2D eigenvalue weighted by Crippen LogP contribution is -2.17. The number of benzene rings is 1. The maximum absolute atomic E-state index is 4.78. The van der Waals surface area contributed by atoms with Crippen LogP contribution < -0.4 is 0 Å². The molecule has 0 spiro atoms. The molecule has 4 aromatic rings. The van der Waals surface area contributed by atoms with Crippen LogP contribution in [0.4, 0.5) is 0 Å². The molecule has 0 N–H and O–H groups in total. The van der Waals surface area contributed by atoms with Crippen molar-refractivity contribution in [3.8, 4) is 11.3 Å². The second kappa shape index (κ2) is 7.84. The Morgan fingerprint density at radius 2 is 1.89 bits per heavy atom. The van der Waals surface area contributed by atoms with Gasteiger partial charge in [-0.25, -0.2) is 4.98 Å². The van der Waals surface area contributed by atoms with Crippen molar-refractivity contribution < 1.29 is 0 Å². The molecule has 0 saturated heterocycles. The summed E-state index contributed by atoms with van der Waals surface area (Å²) in [5, 5.41) is 8.97. The van der Waals surface area contributed by atoms with Gasteiger partial charge < -0.3 is 4.57 Å². The number of aryl methyl sites for hydroxylation is 3. The Kier molecular flexibility index (Phi) is 5.10. The van der Waals surface area contributed by atoms with Crippen molar-refractivity contribution in [3.05, 3.63) is 78.3 Å². The summed E-state index contributed by atoms with van der Waals surface area (Å²) < 4.78 is 6.34. The third-order valence-corrected chi connectivity index (χ3v) is 5.09. The molecule has 0 saturated carbocycles. The molecular weight excluding hydrogens is 348 g/mol. The second-order valence-electron chi connectivity index (χ2n) is 7.29. The monoisotopic (exact) mass is 374 g/mol. The first-order valence-corrected chi connectivity index (χ1v) is 9.71. The van der Waals surface area contributed by atoms with E-state index in [4.69, 9.17) is 4.98 Å². The summed E-state index contributed by atoms with van der Waals surface area (Å²) in [6, 6.07) is 14.7. The zero-order chi connectivity index (χ0) is 19.5. The van der Waals surface area contributed by atoms with Crippen molar-refractivity contribution in [1.82, 2.24) is 29.1 Å². The largest absolute Gasteiger partial charge is 0.329 e. The van der Waals surface area contributed by atoms with Gasteiger partial charge in [0.2, 0.25) is 0 Å². The van der Waals surface area contributed by atoms with Crippen molar-refractivity contribution >= 4 is 0 Å². The maximum atomic E-state index is 4.78. The molecule has 4 rings (SSSR count). The van der Waals surface area contributed by atoms with E-state index in [9.17, 15) is 0 Å². The molecule has 0 amide bonds. The van der Waals surface area contributed by atoms with Crippen LogP contribution in [0.1, 0.15) is 30.0 Å². The van der Waals surface area contributed by atoms with E-state index in [-0.39, 0.29) is 6.04 Å². The second-order valence-corrected chi connectivity index (χ2v) is 7.29. The zero-order valence-corrected chi connectivity index (χ0v) is 16.7. The van der Waals surface area contributed by atoms with Gasteiger partial charge in [-0.2, -0.15) is 10.2 Å². The molecule has 6 heteroatoms. The summed E-state index contributed by atoms with van der Waals surface area (Å²) in [7, 11) is 0. The van der Waals surface area contributed by atoms with E-state index >= 15 is 0 Å². The molecule has 28 heavy (non-hydrogen) atoms. The SMILES string of the molecule is Cc1cc(C)n(CCc2c(-c3ccccc3)ncn2C(C)Cn2cccn2)n1. The Balaban J connectivity index is 1.65. The lowest BCUT2D eigenvalue weighted by Gasteiger charge is -2.18. The first-order valence-electron chi connectivity index (χ1n) is 9.71. The highest BCUT2D eigenvalue weighted by Crippen LogP contribution is 2.26. The summed E-state index contributed by atoms with van der Waals surface area (Å²) in [5.41, 5.74) is 5.68. The molecule has 6 nitrogen and oxygen atoms in total. The molecule has 0 radical (unpaired) electrons. The highest BCUT2D eigenvalue weighted by atomic mass is 15.3. The van der Waals surface area contributed by atoms with Crippen molar-refractivity contribution in [2.45, 2.75) is 46.3 Å². The van der Waals surface area contributed by atoms with Gasteiger partial charge in [-0.05, 0) is 32.9 Å². The molecule has 0 bridgehead atoms. The smallest absolute Gasteiger partial charge is 0.0959 e. The first-order chi connectivity index (χ1) is 13.6. The fourth-order valence-electron chi connectivity index (χ4n) is 3.73. The van der Waals surface area contributed by atoms with E-state index in [1.165, 1.54) is 11.4 Å². The predicted octanol–water partition coefficient (Wildman–Crippen LogP) is 4.06. The molecule has 0 fully saturated rings. The third-order valence-electron chi connectivity index (χ3n) is 5.09. The number of nitrogens with zero attached hydrogens (tertiary/aromatic N) is 6. The van der Waals surface area contributed by atoms with Crippen LogP contribution in [0.15, 0.2) is 61.2 Å². The quantitative estimate of drug-likeness (QED) is 0.490. The first kappa shape index (κ1) is 18.2. The van der Waals surface area contributed by atoms with Crippen LogP contribution in [-0.2, 0) is 19.5 Å². The number of aromatic nitrogens is 6. The van der Waals surface area contributed by atoms with Gasteiger partial charge in [0.05, 0.1) is 30.3 Å². The molecule has 3 heterocycles. The minimum absolute atomic E-state index is 0.250. The fourth-order valence-corrected chi connectivity index (χ4v) is 3.73. The van der Waals surface area contributed by atoms with Crippen LogP contribution in [0.5, 0.6) is 0 Å². The zero-order valence-electron chi connectivity index (χ0n) is 16.7. The topological polar surface area (TPSA) is 53.5 Å². The number of hydrogen-bond donors (Lipinski definition) is 0. The van der Waals surface area contributed by atoms with Gasteiger partial charge >= 0.3 is 0 Å². The minimum Gasteiger partial charge on any atom is -0.329 e. The molecular formula is C22H26N6. The van der Waals surface area contributed by atoms with Crippen LogP contribution in [0.3, 0.4) is 0 Å². The lowest BCUT2D eigenvalue weighted by molar-refractivity contribution is 0.423. The molecule has 0 aliphatic heterocycles. The van der Waals surface area contributed by atoms with E-state index in [1.807, 2.05) is 42.5 Å². The molecule has 0 aliphatic carbocycles. The summed E-state index contributed by atoms with van der Waals surface area (Å²) in [6.45, 7) is 8.00. The van der Waals surface area contributed by atoms with Crippen LogP contribution in [0.25, 0.3) is 11.3 Å². The molecule has 1 unspecified atom stereocenters. The Hall–Kier alpha value is -3.15. The van der Waals surface area contributed by atoms with E-state index in [2.05, 4.69) is 63.6 Å². The third kappa shape index (κ3) is 3.76. The van der Waals surface area contributed by atoms with Gasteiger partial charge in [0.25, 0.3) is 0 Å². The van der Waals surface area contributed by atoms with Gasteiger partial charge in [0, 0.05) is 42.3 Å². The van der Waals surface area contributed by atoms with Crippen LogP contribution >= 0.6 is 0 Å². The number of hydrogen-bond acceptors (Lipinski definition) is 3. The summed E-state index contributed by atoms with van der Waals surface area (Å²) in [5.74, 6) is 0. The number of imidazole rings is 1. The molecule has 3 aromatic heterocycles. The van der Waals surface area contributed by atoms with Gasteiger partial charge in [-0.15, -0.1) is 0 Å². The average molecular weight is 374 g/mol. The van der Waals surface area contributed by atoms with Gasteiger partial charge in [0.15, 0.2) is 0 Å². The van der Waals surface area contributed by atoms with Crippen LogP contribution in [-0.4, -0.2) is 29.1 Å². The minimum atomic E-state index is 0.250. The standard InChI is InChI=1S/C22H26N6/c1-17-14-18(2)28(25-17)13-10-21-22(20-8-5-4-6-9-20)23-16-27(21)19(3)15-26-12-7-11-24-26/h4-9,11-12,14,16,19H,10,13,15H2,1-3H3. The molecule has 1 aromatic carbocycles. The van der Waals surface area contributed by atoms with E-state index in [0.29, 0.717) is 0 Å². The Labute approximate surface area is 165 Å². The van der Waals surface area contributed by atoms with Crippen LogP contribution in [0.2, 0.25) is 0 Å². The predicted molar refractivity (Wildman–Crippen MR) is 110 cm³/mol. The average Bonchev–Trinajstić information content (AvgIpc) is 3.41. The fraction of sp³-hybridized carbons (Fsp3) is 0.318. The number of rotatable bonds is 7. The van der Waals surface area contributed by atoms with E-state index in [0.717, 1.165) is 36.5 Å². The van der Waals surface area contributed by atoms with Crippen molar-refractivity contribution in [2.75, 3.05) is 0 Å². The van der Waals surface area contributed by atoms with Crippen molar-refractivity contribution in [3.63, 3.8) is 0 Å². The van der Waals surface area contributed by atoms with E-state index < -0.39 is 0 Å². The van der Waals surface area contributed by atoms with Crippen LogP contribution in [0, 0.1) is 13.8 Å². The van der Waals surface area contributed by atoms with Crippen molar-refractivity contribution in [1.29, 1.82) is 0 Å². The summed E-state index contributed by atoms with van der Waals surface area (Å²) in [6.07, 6.45) is 6.66. The normalized spacial score (nSPS) is 12.4. The lowest BCUT2D eigenvalue weighted by atomic mass is 10.1. The molecule has 144 valence electrons.